The molecule has 0 aliphatic carbocycles. The summed E-state index contributed by atoms with van der Waals surface area (Å²) in [6, 6.07) is 11.7. The maximum Gasteiger partial charge on any atom is 0.337 e. The zero-order valence-corrected chi connectivity index (χ0v) is 9.76. The van der Waals surface area contributed by atoms with Crippen molar-refractivity contribution in [1.29, 1.82) is 0 Å². The Hall–Kier alpha value is -2.03. The molecule has 0 atom stereocenters. The van der Waals surface area contributed by atoms with Gasteiger partial charge in [-0.05, 0) is 18.1 Å². The third kappa shape index (κ3) is 2.38. The monoisotopic (exact) mass is 229 g/mol. The molecule has 17 heavy (non-hydrogen) atoms. The molecule has 0 aliphatic rings. The van der Waals surface area contributed by atoms with Crippen LogP contribution in [0.4, 0.5) is 0 Å². The van der Waals surface area contributed by atoms with E-state index in [1.54, 1.807) is 6.07 Å². The van der Waals surface area contributed by atoms with Crippen molar-refractivity contribution < 1.29 is 9.90 Å². The molecular weight excluding hydrogens is 214 g/mol. The molecule has 0 saturated heterocycles. The van der Waals surface area contributed by atoms with E-state index in [0.717, 1.165) is 18.7 Å². The van der Waals surface area contributed by atoms with Crippen molar-refractivity contribution in [3.05, 3.63) is 59.4 Å². The number of hydrogen-bond acceptors (Lipinski definition) is 1. The van der Waals surface area contributed by atoms with Crippen LogP contribution in [0.5, 0.6) is 0 Å². The third-order valence-corrected chi connectivity index (χ3v) is 2.84. The molecule has 1 aromatic heterocycles. The highest BCUT2D eigenvalue weighted by Gasteiger charge is 2.13. The lowest BCUT2D eigenvalue weighted by atomic mass is 10.2. The summed E-state index contributed by atoms with van der Waals surface area (Å²) in [7, 11) is 0. The Balaban J connectivity index is 2.31. The molecule has 0 saturated carbocycles. The van der Waals surface area contributed by atoms with E-state index in [-0.39, 0.29) is 0 Å². The molecule has 0 fully saturated rings. The average Bonchev–Trinajstić information content (AvgIpc) is 2.73. The summed E-state index contributed by atoms with van der Waals surface area (Å²) in [5.41, 5.74) is 2.46. The Bertz CT molecular complexity index is 514. The number of aromatic carboxylic acids is 1. The molecule has 88 valence electrons. The average molecular weight is 229 g/mol. The Labute approximate surface area is 100 Å². The van der Waals surface area contributed by atoms with Crippen LogP contribution in [-0.2, 0) is 13.0 Å². The quantitative estimate of drug-likeness (QED) is 0.876. The molecule has 3 heteroatoms. The van der Waals surface area contributed by atoms with Gasteiger partial charge in [-0.15, -0.1) is 0 Å². The maximum absolute atomic E-state index is 11.0. The Morgan fingerprint density at radius 2 is 1.94 bits per heavy atom. The van der Waals surface area contributed by atoms with Crippen molar-refractivity contribution in [2.75, 3.05) is 0 Å². The molecule has 1 aromatic carbocycles. The van der Waals surface area contributed by atoms with E-state index in [9.17, 15) is 4.79 Å². The van der Waals surface area contributed by atoms with E-state index in [1.165, 1.54) is 5.56 Å². The normalized spacial score (nSPS) is 10.4. The van der Waals surface area contributed by atoms with Crippen molar-refractivity contribution in [3.8, 4) is 0 Å². The van der Waals surface area contributed by atoms with Gasteiger partial charge in [0.15, 0.2) is 0 Å². The Kier molecular flexibility index (Phi) is 3.28. The standard InChI is InChI=1S/C14H15NO2/c1-2-13-12(14(16)17)8-9-15(13)10-11-6-4-3-5-7-11/h3-9H,2,10H2,1H3,(H,16,17). The van der Waals surface area contributed by atoms with Gasteiger partial charge in [-0.25, -0.2) is 4.79 Å². The molecule has 0 spiro atoms. The van der Waals surface area contributed by atoms with Gasteiger partial charge in [0.2, 0.25) is 0 Å². The van der Waals surface area contributed by atoms with Crippen LogP contribution in [0.3, 0.4) is 0 Å². The Morgan fingerprint density at radius 1 is 1.24 bits per heavy atom. The van der Waals surface area contributed by atoms with Crippen LogP contribution in [0.15, 0.2) is 42.6 Å². The number of carboxylic acids is 1. The predicted octanol–water partition coefficient (Wildman–Crippen LogP) is 2.80. The second kappa shape index (κ2) is 4.87. The van der Waals surface area contributed by atoms with Gasteiger partial charge in [0.05, 0.1) is 5.56 Å². The number of aromatic nitrogens is 1. The van der Waals surface area contributed by atoms with Crippen LogP contribution >= 0.6 is 0 Å². The van der Waals surface area contributed by atoms with Crippen molar-refractivity contribution in [1.82, 2.24) is 4.57 Å². The highest BCUT2D eigenvalue weighted by Crippen LogP contribution is 2.14. The lowest BCUT2D eigenvalue weighted by molar-refractivity contribution is 0.0695. The number of hydrogen-bond donors (Lipinski definition) is 1. The fourth-order valence-electron chi connectivity index (χ4n) is 2.02. The van der Waals surface area contributed by atoms with Gasteiger partial charge in [0.1, 0.15) is 0 Å². The number of benzene rings is 1. The maximum atomic E-state index is 11.0. The zero-order valence-electron chi connectivity index (χ0n) is 9.76. The molecule has 1 heterocycles. The fraction of sp³-hybridized carbons (Fsp3) is 0.214. The summed E-state index contributed by atoms with van der Waals surface area (Å²) in [5, 5.41) is 9.06. The van der Waals surface area contributed by atoms with E-state index < -0.39 is 5.97 Å². The lowest BCUT2D eigenvalue weighted by Crippen LogP contribution is -2.06. The van der Waals surface area contributed by atoms with Crippen molar-refractivity contribution >= 4 is 5.97 Å². The molecule has 0 bridgehead atoms. The molecule has 1 N–H and O–H groups in total. The summed E-state index contributed by atoms with van der Waals surface area (Å²) in [6.07, 6.45) is 2.57. The Morgan fingerprint density at radius 3 is 2.53 bits per heavy atom. The number of carboxylic acid groups (broad SMARTS) is 1. The van der Waals surface area contributed by atoms with E-state index in [4.69, 9.17) is 5.11 Å². The van der Waals surface area contributed by atoms with Gasteiger partial charge >= 0.3 is 5.97 Å². The summed E-state index contributed by atoms with van der Waals surface area (Å²) in [4.78, 5) is 11.0. The van der Waals surface area contributed by atoms with Crippen LogP contribution in [0.1, 0.15) is 28.5 Å². The number of rotatable bonds is 4. The molecule has 0 radical (unpaired) electrons. The van der Waals surface area contributed by atoms with Gasteiger partial charge in [0, 0.05) is 18.4 Å². The molecule has 3 nitrogen and oxygen atoms in total. The van der Waals surface area contributed by atoms with Gasteiger partial charge in [0.25, 0.3) is 0 Å². The molecule has 0 unspecified atom stereocenters. The highest BCUT2D eigenvalue weighted by atomic mass is 16.4. The first kappa shape index (κ1) is 11.5. The fourth-order valence-corrected chi connectivity index (χ4v) is 2.02. The van der Waals surface area contributed by atoms with Crippen LogP contribution in [0.2, 0.25) is 0 Å². The minimum atomic E-state index is -0.853. The second-order valence-corrected chi connectivity index (χ2v) is 3.95. The van der Waals surface area contributed by atoms with Gasteiger partial charge < -0.3 is 9.67 Å². The summed E-state index contributed by atoms with van der Waals surface area (Å²) in [5.74, 6) is -0.853. The first-order chi connectivity index (χ1) is 8.22. The van der Waals surface area contributed by atoms with Crippen LogP contribution in [-0.4, -0.2) is 15.6 Å². The van der Waals surface area contributed by atoms with E-state index in [0.29, 0.717) is 5.56 Å². The highest BCUT2D eigenvalue weighted by molar-refractivity contribution is 5.89. The van der Waals surface area contributed by atoms with Crippen LogP contribution in [0.25, 0.3) is 0 Å². The van der Waals surface area contributed by atoms with Crippen molar-refractivity contribution in [2.24, 2.45) is 0 Å². The molecule has 2 rings (SSSR count). The first-order valence-electron chi connectivity index (χ1n) is 5.67. The van der Waals surface area contributed by atoms with Crippen molar-refractivity contribution in [3.63, 3.8) is 0 Å². The lowest BCUT2D eigenvalue weighted by Gasteiger charge is -2.08. The smallest absolute Gasteiger partial charge is 0.337 e. The summed E-state index contributed by atoms with van der Waals surface area (Å²) >= 11 is 0. The molecular formula is C14H15NO2. The topological polar surface area (TPSA) is 42.2 Å². The molecule has 2 aromatic rings. The van der Waals surface area contributed by atoms with E-state index >= 15 is 0 Å². The summed E-state index contributed by atoms with van der Waals surface area (Å²) in [6.45, 7) is 2.70. The molecule has 0 amide bonds. The first-order valence-corrected chi connectivity index (χ1v) is 5.67. The van der Waals surface area contributed by atoms with E-state index in [1.807, 2.05) is 48.0 Å². The predicted molar refractivity (Wildman–Crippen MR) is 66.3 cm³/mol. The van der Waals surface area contributed by atoms with Crippen LogP contribution < -0.4 is 0 Å². The largest absolute Gasteiger partial charge is 0.478 e. The SMILES string of the molecule is CCc1c(C(=O)O)ccn1Cc1ccccc1. The van der Waals surface area contributed by atoms with Crippen molar-refractivity contribution in [2.45, 2.75) is 19.9 Å². The number of nitrogens with zero attached hydrogens (tertiary/aromatic N) is 1. The van der Waals surface area contributed by atoms with E-state index in [2.05, 4.69) is 0 Å². The minimum absolute atomic E-state index is 0.406. The third-order valence-electron chi connectivity index (χ3n) is 2.84. The minimum Gasteiger partial charge on any atom is -0.478 e. The summed E-state index contributed by atoms with van der Waals surface area (Å²) < 4.78 is 2.00. The number of carbonyl (C=O) groups is 1. The van der Waals surface area contributed by atoms with Gasteiger partial charge in [-0.2, -0.15) is 0 Å². The zero-order chi connectivity index (χ0) is 12.3. The molecule has 0 aliphatic heterocycles. The van der Waals surface area contributed by atoms with Gasteiger partial charge in [-0.3, -0.25) is 0 Å². The van der Waals surface area contributed by atoms with Gasteiger partial charge in [-0.1, -0.05) is 37.3 Å². The second-order valence-electron chi connectivity index (χ2n) is 3.95. The van der Waals surface area contributed by atoms with Crippen LogP contribution in [0, 0.1) is 0 Å².